The van der Waals surface area contributed by atoms with Gasteiger partial charge < -0.3 is 10.1 Å². The Morgan fingerprint density at radius 3 is 2.75 bits per heavy atom. The third kappa shape index (κ3) is 4.78. The Morgan fingerprint density at radius 2 is 2.00 bits per heavy atom. The van der Waals surface area contributed by atoms with Crippen LogP contribution in [0.15, 0.2) is 53.4 Å². The van der Waals surface area contributed by atoms with E-state index in [4.69, 9.17) is 16.3 Å². The summed E-state index contributed by atoms with van der Waals surface area (Å²) in [7, 11) is -2.40. The number of para-hydroxylation sites is 1. The minimum atomic E-state index is -3.82. The number of carbonyl (C=O) groups is 1. The van der Waals surface area contributed by atoms with Crippen LogP contribution in [0.4, 0.5) is 5.69 Å². The largest absolute Gasteiger partial charge is 0.495 e. The minimum absolute atomic E-state index is 0.0355. The van der Waals surface area contributed by atoms with Crippen LogP contribution in [0.25, 0.3) is 0 Å². The first-order valence-electron chi connectivity index (χ1n) is 9.92. The molecule has 0 aliphatic carbocycles. The summed E-state index contributed by atoms with van der Waals surface area (Å²) >= 11 is 7.22. The van der Waals surface area contributed by atoms with Crippen LogP contribution in [-0.2, 0) is 10.0 Å². The van der Waals surface area contributed by atoms with E-state index in [0.717, 1.165) is 6.42 Å². The Morgan fingerprint density at radius 1 is 1.22 bits per heavy atom. The molecule has 168 valence electrons. The fourth-order valence-corrected chi connectivity index (χ4v) is 6.36. The van der Waals surface area contributed by atoms with Gasteiger partial charge in [-0.3, -0.25) is 4.79 Å². The molecule has 11 heteroatoms. The molecular weight excluding hydrogens is 472 g/mol. The van der Waals surface area contributed by atoms with E-state index in [1.54, 1.807) is 24.3 Å². The molecule has 1 fully saturated rings. The first-order chi connectivity index (χ1) is 15.4. The minimum Gasteiger partial charge on any atom is -0.495 e. The number of sulfonamides is 1. The smallest absolute Gasteiger partial charge is 0.286 e. The second kappa shape index (κ2) is 9.53. The van der Waals surface area contributed by atoms with E-state index < -0.39 is 10.0 Å². The predicted octanol–water partition coefficient (Wildman–Crippen LogP) is 4.02. The highest BCUT2D eigenvalue weighted by Crippen LogP contribution is 2.35. The average Bonchev–Trinajstić information content (AvgIpc) is 3.30. The molecule has 1 aliphatic rings. The Kier molecular flexibility index (Phi) is 6.75. The van der Waals surface area contributed by atoms with E-state index in [1.807, 2.05) is 18.2 Å². The zero-order valence-electron chi connectivity index (χ0n) is 17.2. The van der Waals surface area contributed by atoms with Crippen molar-refractivity contribution in [3.05, 3.63) is 63.6 Å². The van der Waals surface area contributed by atoms with E-state index in [-0.39, 0.29) is 34.0 Å². The van der Waals surface area contributed by atoms with Gasteiger partial charge in [0.15, 0.2) is 0 Å². The molecule has 32 heavy (non-hydrogen) atoms. The van der Waals surface area contributed by atoms with Crippen molar-refractivity contribution >= 4 is 44.6 Å². The van der Waals surface area contributed by atoms with Crippen molar-refractivity contribution in [2.75, 3.05) is 25.5 Å². The molecule has 1 aromatic heterocycles. The molecule has 0 spiro atoms. The highest BCUT2D eigenvalue weighted by Gasteiger charge is 2.34. The fourth-order valence-electron chi connectivity index (χ4n) is 3.55. The van der Waals surface area contributed by atoms with Gasteiger partial charge in [-0.2, -0.15) is 4.31 Å². The highest BCUT2D eigenvalue weighted by molar-refractivity contribution is 7.89. The number of nitrogens with zero attached hydrogens (tertiary/aromatic N) is 3. The molecule has 2 aromatic carbocycles. The second-order valence-corrected chi connectivity index (χ2v) is 10.6. The summed E-state index contributed by atoms with van der Waals surface area (Å²) in [4.78, 5) is 12.5. The fraction of sp³-hybridized carbons (Fsp3) is 0.286. The van der Waals surface area contributed by atoms with E-state index in [2.05, 4.69) is 15.5 Å². The van der Waals surface area contributed by atoms with Crippen LogP contribution in [0.3, 0.4) is 0 Å². The number of piperidine rings is 1. The molecule has 0 unspecified atom stereocenters. The van der Waals surface area contributed by atoms with Crippen LogP contribution >= 0.6 is 22.9 Å². The van der Waals surface area contributed by atoms with Gasteiger partial charge >= 0.3 is 0 Å². The van der Waals surface area contributed by atoms with Gasteiger partial charge in [0.2, 0.25) is 15.0 Å². The van der Waals surface area contributed by atoms with Gasteiger partial charge in [-0.1, -0.05) is 41.1 Å². The lowest BCUT2D eigenvalue weighted by molar-refractivity contribution is 0.102. The number of benzene rings is 2. The number of amides is 1. The van der Waals surface area contributed by atoms with Crippen molar-refractivity contribution < 1.29 is 17.9 Å². The van der Waals surface area contributed by atoms with Crippen molar-refractivity contribution in [2.24, 2.45) is 0 Å². The second-order valence-electron chi connectivity index (χ2n) is 7.26. The van der Waals surface area contributed by atoms with Gasteiger partial charge in [-0.25, -0.2) is 8.42 Å². The van der Waals surface area contributed by atoms with Crippen LogP contribution in [-0.4, -0.2) is 49.0 Å². The number of aromatic nitrogens is 2. The average molecular weight is 493 g/mol. The van der Waals surface area contributed by atoms with E-state index in [0.29, 0.717) is 28.7 Å². The van der Waals surface area contributed by atoms with Gasteiger partial charge in [0.25, 0.3) is 5.91 Å². The van der Waals surface area contributed by atoms with Gasteiger partial charge in [0.1, 0.15) is 15.7 Å². The maximum atomic E-state index is 13.3. The summed E-state index contributed by atoms with van der Waals surface area (Å²) in [5.74, 6) is -0.254. The zero-order chi connectivity index (χ0) is 22.7. The quantitative estimate of drug-likeness (QED) is 0.557. The number of rotatable bonds is 6. The van der Waals surface area contributed by atoms with Crippen molar-refractivity contribution in [3.63, 3.8) is 0 Å². The summed E-state index contributed by atoms with van der Waals surface area (Å²) < 4.78 is 33.3. The summed E-state index contributed by atoms with van der Waals surface area (Å²) in [6.07, 6.45) is 1.42. The lowest BCUT2D eigenvalue weighted by Crippen LogP contribution is -2.39. The number of carbonyl (C=O) groups excluding carboxylic acids is 1. The molecule has 1 N–H and O–H groups in total. The molecule has 1 amide bonds. The number of halogens is 1. The Balaban J connectivity index is 1.51. The number of methoxy groups -OCH3 is 1. The molecule has 8 nitrogen and oxygen atoms in total. The summed E-state index contributed by atoms with van der Waals surface area (Å²) in [6.45, 7) is 0.627. The van der Waals surface area contributed by atoms with E-state index in [9.17, 15) is 13.2 Å². The maximum absolute atomic E-state index is 13.3. The molecule has 1 aliphatic heterocycles. The van der Waals surface area contributed by atoms with Gasteiger partial charge in [0.05, 0.1) is 7.11 Å². The summed E-state index contributed by atoms with van der Waals surface area (Å²) in [5.41, 5.74) is 0.666. The topological polar surface area (TPSA) is 101 Å². The highest BCUT2D eigenvalue weighted by atomic mass is 35.5. The van der Waals surface area contributed by atoms with Crippen LogP contribution < -0.4 is 10.1 Å². The molecule has 0 radical (unpaired) electrons. The SMILES string of the molecule is COc1ccc(Cl)cc1S(=O)(=O)N1CCC[C@@H](c2nnc(C(=O)Nc3ccccc3)s2)C1. The molecule has 0 bridgehead atoms. The lowest BCUT2D eigenvalue weighted by Gasteiger charge is -2.31. The zero-order valence-corrected chi connectivity index (χ0v) is 19.6. The van der Waals surface area contributed by atoms with Crippen molar-refractivity contribution in [2.45, 2.75) is 23.7 Å². The van der Waals surface area contributed by atoms with E-state index >= 15 is 0 Å². The number of hydrogen-bond acceptors (Lipinski definition) is 7. The number of ether oxygens (including phenoxy) is 1. The molecule has 0 saturated carbocycles. The summed E-state index contributed by atoms with van der Waals surface area (Å²) in [5, 5.41) is 12.2. The first-order valence-corrected chi connectivity index (χ1v) is 12.6. The lowest BCUT2D eigenvalue weighted by atomic mass is 10.0. The molecule has 3 aromatic rings. The summed E-state index contributed by atoms with van der Waals surface area (Å²) in [6, 6.07) is 13.6. The first kappa shape index (κ1) is 22.7. The van der Waals surface area contributed by atoms with Gasteiger partial charge in [-0.15, -0.1) is 10.2 Å². The molecule has 1 atom stereocenters. The molecule has 1 saturated heterocycles. The number of anilines is 1. The third-order valence-electron chi connectivity index (χ3n) is 5.14. The normalized spacial score (nSPS) is 17.1. The van der Waals surface area contributed by atoms with Crippen LogP contribution in [0.1, 0.15) is 33.6 Å². The molecular formula is C21H21ClN4O4S2. The van der Waals surface area contributed by atoms with Crippen molar-refractivity contribution in [1.29, 1.82) is 0 Å². The standard InChI is InChI=1S/C21H21ClN4O4S2/c1-30-17-10-9-15(22)12-18(17)32(28,29)26-11-5-6-14(13-26)20-24-25-21(31-20)19(27)23-16-7-3-2-4-8-16/h2-4,7-10,12,14H,5-6,11,13H2,1H3,(H,23,27)/t14-/m1/s1. The van der Waals surface area contributed by atoms with Gasteiger partial charge in [0, 0.05) is 29.7 Å². The monoisotopic (exact) mass is 492 g/mol. The predicted molar refractivity (Wildman–Crippen MR) is 123 cm³/mol. The van der Waals surface area contributed by atoms with Crippen molar-refractivity contribution in [3.8, 4) is 5.75 Å². The van der Waals surface area contributed by atoms with Gasteiger partial charge in [-0.05, 0) is 43.2 Å². The number of hydrogen-bond donors (Lipinski definition) is 1. The van der Waals surface area contributed by atoms with E-state index in [1.165, 1.54) is 28.8 Å². The molecule has 4 rings (SSSR count). The Bertz CT molecular complexity index is 1220. The van der Waals surface area contributed by atoms with Crippen LogP contribution in [0.5, 0.6) is 5.75 Å². The van der Waals surface area contributed by atoms with Crippen LogP contribution in [0, 0.1) is 0 Å². The third-order valence-corrected chi connectivity index (χ3v) is 8.35. The van der Waals surface area contributed by atoms with Crippen molar-refractivity contribution in [1.82, 2.24) is 14.5 Å². The Hall–Kier alpha value is -2.53. The Labute approximate surface area is 195 Å². The number of nitrogens with one attached hydrogen (secondary N) is 1. The van der Waals surface area contributed by atoms with Crippen LogP contribution in [0.2, 0.25) is 5.02 Å². The maximum Gasteiger partial charge on any atom is 0.286 e. The molecule has 2 heterocycles.